The van der Waals surface area contributed by atoms with Crippen molar-refractivity contribution in [2.45, 2.75) is 6.92 Å². The maximum Gasteiger partial charge on any atom is 0.209 e. The van der Waals surface area contributed by atoms with Crippen molar-refractivity contribution >= 4 is 23.2 Å². The van der Waals surface area contributed by atoms with Crippen LogP contribution < -0.4 is 4.74 Å². The molecule has 0 aliphatic heterocycles. The fraction of sp³-hybridized carbons (Fsp3) is 0.125. The Balaban J connectivity index is 2.28. The van der Waals surface area contributed by atoms with E-state index in [0.717, 1.165) is 17.8 Å². The summed E-state index contributed by atoms with van der Waals surface area (Å²) in [5, 5.41) is -0.154. The molecule has 0 saturated carbocycles. The molecule has 2 aromatic heterocycles. The van der Waals surface area contributed by atoms with E-state index >= 15 is 0 Å². The van der Waals surface area contributed by atoms with Gasteiger partial charge in [-0.15, -0.1) is 0 Å². The average molecular weight is 370 g/mol. The minimum absolute atomic E-state index is 0.00460. The van der Waals surface area contributed by atoms with Gasteiger partial charge >= 0.3 is 0 Å². The molecule has 124 valence electrons. The van der Waals surface area contributed by atoms with Gasteiger partial charge in [-0.1, -0.05) is 11.6 Å². The summed E-state index contributed by atoms with van der Waals surface area (Å²) in [7, 11) is 1.32. The number of hydrogen-bond donors (Lipinski definition) is 0. The molecule has 0 atom stereocenters. The molecule has 0 unspecified atom stereocenters. The molecule has 8 heteroatoms. The van der Waals surface area contributed by atoms with Crippen LogP contribution in [-0.4, -0.2) is 21.6 Å². The van der Waals surface area contributed by atoms with Gasteiger partial charge in [-0.3, -0.25) is 9.55 Å². The predicted molar refractivity (Wildman–Crippen MR) is 88.0 cm³/mol. The summed E-state index contributed by atoms with van der Waals surface area (Å²) in [6, 6.07) is 5.57. The molecule has 0 bridgehead atoms. The van der Waals surface area contributed by atoms with E-state index in [1.807, 2.05) is 6.92 Å². The van der Waals surface area contributed by atoms with Gasteiger partial charge in [0.25, 0.3) is 0 Å². The number of imidazole rings is 1. The van der Waals surface area contributed by atoms with Gasteiger partial charge in [0.1, 0.15) is 17.4 Å². The fourth-order valence-corrected chi connectivity index (χ4v) is 2.87. The maximum absolute atomic E-state index is 14.5. The van der Waals surface area contributed by atoms with Gasteiger partial charge in [0.05, 0.1) is 30.3 Å². The molecule has 24 heavy (non-hydrogen) atoms. The van der Waals surface area contributed by atoms with Crippen LogP contribution in [-0.2, 0) is 0 Å². The number of benzene rings is 1. The highest BCUT2D eigenvalue weighted by Gasteiger charge is 2.24. The number of halogens is 4. The van der Waals surface area contributed by atoms with Gasteiger partial charge in [0, 0.05) is 17.8 Å². The lowest BCUT2D eigenvalue weighted by atomic mass is 10.1. The van der Waals surface area contributed by atoms with Crippen molar-refractivity contribution in [3.8, 4) is 22.7 Å². The zero-order valence-corrected chi connectivity index (χ0v) is 14.2. The quantitative estimate of drug-likeness (QED) is 0.663. The highest BCUT2D eigenvalue weighted by atomic mass is 35.5. The molecule has 3 rings (SSSR count). The summed E-state index contributed by atoms with van der Waals surface area (Å²) in [6.45, 7) is 1.82. The molecule has 0 saturated heterocycles. The number of hydrogen-bond acceptors (Lipinski definition) is 3. The first-order chi connectivity index (χ1) is 11.4. The number of aryl methyl sites for hydroxylation is 1. The number of aromatic nitrogens is 3. The van der Waals surface area contributed by atoms with E-state index in [1.54, 1.807) is 12.1 Å². The van der Waals surface area contributed by atoms with Crippen molar-refractivity contribution in [2.24, 2.45) is 0 Å². The standard InChI is InChI=1S/C16H11Cl2F2N3O/c1-8-3-4-9(7-21-8)23-14(15(17)22-16(23)18)13-11(19)5-10(24-2)6-12(13)20/h3-7H,1-2H3. The van der Waals surface area contributed by atoms with Gasteiger partial charge in [-0.25, -0.2) is 13.8 Å². The monoisotopic (exact) mass is 369 g/mol. The molecule has 3 aromatic rings. The van der Waals surface area contributed by atoms with Crippen LogP contribution in [0.1, 0.15) is 5.69 Å². The second kappa shape index (κ2) is 6.37. The van der Waals surface area contributed by atoms with Crippen LogP contribution in [0.5, 0.6) is 5.75 Å². The third-order valence-corrected chi connectivity index (χ3v) is 3.95. The first kappa shape index (κ1) is 16.7. The number of pyridine rings is 1. The van der Waals surface area contributed by atoms with Crippen molar-refractivity contribution < 1.29 is 13.5 Å². The molecule has 2 heterocycles. The molecule has 0 aliphatic carbocycles. The Bertz CT molecular complexity index is 887. The van der Waals surface area contributed by atoms with Gasteiger partial charge in [0.2, 0.25) is 5.28 Å². The first-order valence-electron chi connectivity index (χ1n) is 6.82. The van der Waals surface area contributed by atoms with Gasteiger partial charge in [-0.05, 0) is 30.7 Å². The molecule has 0 amide bonds. The SMILES string of the molecule is COc1cc(F)c(-c2c(Cl)nc(Cl)n2-c2ccc(C)nc2)c(F)c1. The summed E-state index contributed by atoms with van der Waals surface area (Å²) < 4.78 is 35.1. The van der Waals surface area contributed by atoms with Gasteiger partial charge in [0.15, 0.2) is 5.15 Å². The molecule has 0 spiro atoms. The number of nitrogens with zero attached hydrogens (tertiary/aromatic N) is 3. The Morgan fingerprint density at radius 3 is 2.33 bits per heavy atom. The largest absolute Gasteiger partial charge is 0.497 e. The van der Waals surface area contributed by atoms with Crippen LogP contribution in [0, 0.1) is 18.6 Å². The topological polar surface area (TPSA) is 39.9 Å². The Kier molecular flexibility index (Phi) is 4.43. The second-order valence-corrected chi connectivity index (χ2v) is 5.68. The lowest BCUT2D eigenvalue weighted by molar-refractivity contribution is 0.407. The summed E-state index contributed by atoms with van der Waals surface area (Å²) >= 11 is 12.2. The fourth-order valence-electron chi connectivity index (χ4n) is 2.31. The predicted octanol–water partition coefficient (Wildman–Crippen LogP) is 4.84. The third-order valence-electron chi connectivity index (χ3n) is 3.44. The summed E-state index contributed by atoms with van der Waals surface area (Å²) in [5.41, 5.74) is 0.921. The Hall–Kier alpha value is -2.18. The normalized spacial score (nSPS) is 10.9. The van der Waals surface area contributed by atoms with E-state index in [-0.39, 0.29) is 27.4 Å². The number of rotatable bonds is 3. The minimum atomic E-state index is -0.841. The number of methoxy groups -OCH3 is 1. The molecular formula is C16H11Cl2F2N3O. The molecule has 0 N–H and O–H groups in total. The smallest absolute Gasteiger partial charge is 0.209 e. The highest BCUT2D eigenvalue weighted by molar-refractivity contribution is 6.34. The van der Waals surface area contributed by atoms with Crippen LogP contribution in [0.25, 0.3) is 16.9 Å². The van der Waals surface area contributed by atoms with E-state index in [9.17, 15) is 8.78 Å². The average Bonchev–Trinajstić information content (AvgIpc) is 2.82. The second-order valence-electron chi connectivity index (χ2n) is 4.98. The Morgan fingerprint density at radius 1 is 1.12 bits per heavy atom. The van der Waals surface area contributed by atoms with Crippen LogP contribution in [0.4, 0.5) is 8.78 Å². The lowest BCUT2D eigenvalue weighted by Crippen LogP contribution is -2.02. The molecule has 4 nitrogen and oxygen atoms in total. The Morgan fingerprint density at radius 2 is 1.79 bits per heavy atom. The molecule has 1 aromatic carbocycles. The van der Waals surface area contributed by atoms with Crippen LogP contribution in [0.3, 0.4) is 0 Å². The van der Waals surface area contributed by atoms with E-state index in [2.05, 4.69) is 9.97 Å². The van der Waals surface area contributed by atoms with Crippen LogP contribution >= 0.6 is 23.2 Å². The number of ether oxygens (including phenoxy) is 1. The summed E-state index contributed by atoms with van der Waals surface area (Å²) in [6.07, 6.45) is 1.52. The van der Waals surface area contributed by atoms with Crippen molar-refractivity contribution in [3.63, 3.8) is 0 Å². The van der Waals surface area contributed by atoms with Crippen molar-refractivity contribution in [1.29, 1.82) is 0 Å². The van der Waals surface area contributed by atoms with Crippen molar-refractivity contribution in [2.75, 3.05) is 7.11 Å². The maximum atomic E-state index is 14.5. The van der Waals surface area contributed by atoms with Crippen LogP contribution in [0.2, 0.25) is 10.4 Å². The van der Waals surface area contributed by atoms with Crippen LogP contribution in [0.15, 0.2) is 30.5 Å². The highest BCUT2D eigenvalue weighted by Crippen LogP contribution is 2.37. The van der Waals surface area contributed by atoms with E-state index in [0.29, 0.717) is 5.69 Å². The summed E-state index contributed by atoms with van der Waals surface area (Å²) in [5.74, 6) is -1.63. The van der Waals surface area contributed by atoms with Gasteiger partial charge in [-0.2, -0.15) is 0 Å². The molecule has 0 radical (unpaired) electrons. The summed E-state index contributed by atoms with van der Waals surface area (Å²) in [4.78, 5) is 8.07. The van der Waals surface area contributed by atoms with Crippen molar-refractivity contribution in [3.05, 3.63) is 58.2 Å². The zero-order chi connectivity index (χ0) is 17.4. The first-order valence-corrected chi connectivity index (χ1v) is 7.58. The zero-order valence-electron chi connectivity index (χ0n) is 12.6. The van der Waals surface area contributed by atoms with E-state index < -0.39 is 11.6 Å². The van der Waals surface area contributed by atoms with E-state index in [4.69, 9.17) is 27.9 Å². The van der Waals surface area contributed by atoms with E-state index in [1.165, 1.54) is 17.9 Å². The van der Waals surface area contributed by atoms with Gasteiger partial charge < -0.3 is 4.74 Å². The van der Waals surface area contributed by atoms with Crippen molar-refractivity contribution in [1.82, 2.24) is 14.5 Å². The Labute approximate surface area is 146 Å². The lowest BCUT2D eigenvalue weighted by Gasteiger charge is -2.12. The minimum Gasteiger partial charge on any atom is -0.497 e. The molecule has 0 fully saturated rings. The third kappa shape index (κ3) is 2.83. The molecular weight excluding hydrogens is 359 g/mol. The molecule has 0 aliphatic rings.